The third kappa shape index (κ3) is 5.70. The molecule has 5 rings (SSSR count). The van der Waals surface area contributed by atoms with Gasteiger partial charge in [0.15, 0.2) is 0 Å². The zero-order valence-corrected chi connectivity index (χ0v) is 21.2. The summed E-state index contributed by atoms with van der Waals surface area (Å²) in [6, 6.07) is 22.7. The fraction of sp³-hybridized carbons (Fsp3) is 0.233. The molecular weight excluding hydrogens is 496 g/mol. The second kappa shape index (κ2) is 11.2. The van der Waals surface area contributed by atoms with Crippen LogP contribution in [0.3, 0.4) is 0 Å². The van der Waals surface area contributed by atoms with Crippen molar-refractivity contribution >= 4 is 40.5 Å². The number of halogens is 3. The molecule has 2 atom stereocenters. The van der Waals surface area contributed by atoms with Crippen LogP contribution >= 0.6 is 12.4 Å². The van der Waals surface area contributed by atoms with Crippen molar-refractivity contribution in [3.63, 3.8) is 0 Å². The number of aromatic carboxylic acids is 1. The molecule has 0 aliphatic carbocycles. The van der Waals surface area contributed by atoms with Crippen LogP contribution in [0.1, 0.15) is 48.0 Å². The maximum Gasteiger partial charge on any atom is 0.335 e. The van der Waals surface area contributed by atoms with Gasteiger partial charge in [-0.3, -0.25) is 0 Å². The third-order valence-corrected chi connectivity index (χ3v) is 6.85. The van der Waals surface area contributed by atoms with E-state index >= 15 is 0 Å². The second-order valence-corrected chi connectivity index (χ2v) is 9.37. The number of hydrogen-bond donors (Lipinski definition) is 1. The smallest absolute Gasteiger partial charge is 0.335 e. The molecule has 0 radical (unpaired) electrons. The molecule has 1 aliphatic heterocycles. The lowest BCUT2D eigenvalue weighted by Crippen LogP contribution is -2.37. The first-order chi connectivity index (χ1) is 17.4. The first-order valence-corrected chi connectivity index (χ1v) is 12.1. The molecule has 4 aromatic carbocycles. The van der Waals surface area contributed by atoms with Gasteiger partial charge in [0, 0.05) is 11.8 Å². The van der Waals surface area contributed by atoms with Gasteiger partial charge in [-0.2, -0.15) is 0 Å². The molecule has 0 bridgehead atoms. The highest BCUT2D eigenvalue weighted by Gasteiger charge is 2.28. The number of benzene rings is 4. The number of fused-ring (bicyclic) bond motifs is 2. The summed E-state index contributed by atoms with van der Waals surface area (Å²) < 4.78 is 34.5. The Morgan fingerprint density at radius 1 is 1.03 bits per heavy atom. The van der Waals surface area contributed by atoms with E-state index in [9.17, 15) is 18.7 Å². The summed E-state index contributed by atoms with van der Waals surface area (Å²) in [5.74, 6) is -1.47. The molecule has 192 valence electrons. The van der Waals surface area contributed by atoms with Crippen LogP contribution in [0.4, 0.5) is 20.2 Å². The second-order valence-electron chi connectivity index (χ2n) is 9.37. The molecule has 0 amide bonds. The zero-order valence-electron chi connectivity index (χ0n) is 20.4. The monoisotopic (exact) mass is 523 g/mol. The van der Waals surface area contributed by atoms with E-state index in [4.69, 9.17) is 4.74 Å². The van der Waals surface area contributed by atoms with E-state index in [1.807, 2.05) is 6.07 Å². The molecule has 0 spiro atoms. The summed E-state index contributed by atoms with van der Waals surface area (Å²) in [4.78, 5) is 13.2. The molecule has 0 saturated carbocycles. The van der Waals surface area contributed by atoms with Crippen molar-refractivity contribution in [3.05, 3.63) is 102 Å². The van der Waals surface area contributed by atoms with Gasteiger partial charge in [0.2, 0.25) is 0 Å². The SMILES string of the molecule is C[C@@H](CCCC1CN(c2cc(F)cc(C(=O)O)c2)c2cc(F)ccc2O1)c1cccc2ccccc12.Cl. The number of hydrogen-bond acceptors (Lipinski definition) is 3. The summed E-state index contributed by atoms with van der Waals surface area (Å²) in [6.07, 6.45) is 2.42. The number of carboxylic acid groups (broad SMARTS) is 1. The lowest BCUT2D eigenvalue weighted by molar-refractivity contribution is 0.0696. The van der Waals surface area contributed by atoms with Gasteiger partial charge in [-0.05, 0) is 71.8 Å². The van der Waals surface area contributed by atoms with E-state index in [1.54, 1.807) is 11.0 Å². The number of ether oxygens (including phenoxy) is 1. The molecule has 0 saturated heterocycles. The fourth-order valence-corrected chi connectivity index (χ4v) is 5.06. The Morgan fingerprint density at radius 2 is 1.81 bits per heavy atom. The van der Waals surface area contributed by atoms with Gasteiger partial charge in [-0.1, -0.05) is 49.4 Å². The van der Waals surface area contributed by atoms with Gasteiger partial charge in [0.25, 0.3) is 0 Å². The number of carboxylic acids is 1. The van der Waals surface area contributed by atoms with Gasteiger partial charge < -0.3 is 14.7 Å². The predicted octanol–water partition coefficient (Wildman–Crippen LogP) is 8.11. The molecule has 4 nitrogen and oxygen atoms in total. The third-order valence-electron chi connectivity index (χ3n) is 6.85. The number of nitrogens with zero attached hydrogens (tertiary/aromatic N) is 1. The van der Waals surface area contributed by atoms with Crippen LogP contribution in [0, 0.1) is 11.6 Å². The van der Waals surface area contributed by atoms with Crippen molar-refractivity contribution in [2.24, 2.45) is 0 Å². The van der Waals surface area contributed by atoms with Crippen LogP contribution in [-0.4, -0.2) is 23.7 Å². The Bertz CT molecular complexity index is 1420. The van der Waals surface area contributed by atoms with Gasteiger partial charge in [0.1, 0.15) is 23.5 Å². The Kier molecular flexibility index (Phi) is 7.98. The molecule has 1 aliphatic rings. The molecule has 1 unspecified atom stereocenters. The van der Waals surface area contributed by atoms with Crippen LogP contribution < -0.4 is 9.64 Å². The normalized spacial score (nSPS) is 15.4. The van der Waals surface area contributed by atoms with Crippen molar-refractivity contribution in [2.75, 3.05) is 11.4 Å². The first-order valence-electron chi connectivity index (χ1n) is 12.1. The predicted molar refractivity (Wildman–Crippen MR) is 145 cm³/mol. The van der Waals surface area contributed by atoms with Crippen molar-refractivity contribution in [1.82, 2.24) is 0 Å². The van der Waals surface area contributed by atoms with E-state index in [0.717, 1.165) is 25.3 Å². The highest BCUT2D eigenvalue weighted by atomic mass is 35.5. The average molecular weight is 524 g/mol. The minimum absolute atomic E-state index is 0. The lowest BCUT2D eigenvalue weighted by atomic mass is 9.90. The van der Waals surface area contributed by atoms with Crippen LogP contribution in [0.2, 0.25) is 0 Å². The standard InChI is InChI=1S/C30H27F2NO3.ClH/c1-19(26-11-5-8-20-7-2-3-10-27(20)26)6-4-9-25-18-33(28-17-22(31)12-13-29(28)36-25)24-15-21(30(34)35)14-23(32)16-24;/h2-3,5,7-8,10-17,19,25H,4,6,9,18H2,1H3,(H,34,35);1H/t19-,25?;/m0./s1. The molecule has 0 fully saturated rings. The Labute approximate surface area is 220 Å². The van der Waals surface area contributed by atoms with E-state index < -0.39 is 17.6 Å². The topological polar surface area (TPSA) is 49.8 Å². The van der Waals surface area contributed by atoms with Crippen molar-refractivity contribution in [2.45, 2.75) is 38.2 Å². The maximum atomic E-state index is 14.3. The zero-order chi connectivity index (χ0) is 25.2. The van der Waals surface area contributed by atoms with Crippen molar-refractivity contribution in [1.29, 1.82) is 0 Å². The molecule has 1 heterocycles. The Balaban J connectivity index is 0.00000320. The van der Waals surface area contributed by atoms with Crippen LogP contribution in [0.25, 0.3) is 10.8 Å². The number of rotatable bonds is 7. The maximum absolute atomic E-state index is 14.3. The van der Waals surface area contributed by atoms with E-state index in [2.05, 4.69) is 43.3 Å². The van der Waals surface area contributed by atoms with Crippen LogP contribution in [0.15, 0.2) is 78.9 Å². The minimum Gasteiger partial charge on any atom is -0.486 e. The molecular formula is C30H28ClF2NO3. The molecule has 1 N–H and O–H groups in total. The van der Waals surface area contributed by atoms with Gasteiger partial charge in [-0.25, -0.2) is 13.6 Å². The number of anilines is 2. The molecule has 7 heteroatoms. The highest BCUT2D eigenvalue weighted by Crippen LogP contribution is 2.40. The van der Waals surface area contributed by atoms with Gasteiger partial charge in [-0.15, -0.1) is 12.4 Å². The molecule has 4 aromatic rings. The molecule has 37 heavy (non-hydrogen) atoms. The quantitative estimate of drug-likeness (QED) is 0.266. The first kappa shape index (κ1) is 26.4. The molecule has 0 aromatic heterocycles. The Morgan fingerprint density at radius 3 is 2.62 bits per heavy atom. The highest BCUT2D eigenvalue weighted by molar-refractivity contribution is 5.89. The van der Waals surface area contributed by atoms with Crippen LogP contribution in [0.5, 0.6) is 5.75 Å². The average Bonchev–Trinajstić information content (AvgIpc) is 2.87. The van der Waals surface area contributed by atoms with Crippen molar-refractivity contribution < 1.29 is 23.4 Å². The van der Waals surface area contributed by atoms with E-state index in [1.165, 1.54) is 40.6 Å². The lowest BCUT2D eigenvalue weighted by Gasteiger charge is -2.36. The fourth-order valence-electron chi connectivity index (χ4n) is 5.06. The summed E-state index contributed by atoms with van der Waals surface area (Å²) in [5, 5.41) is 11.9. The summed E-state index contributed by atoms with van der Waals surface area (Å²) in [6.45, 7) is 2.59. The van der Waals surface area contributed by atoms with Gasteiger partial charge in [0.05, 0.1) is 17.8 Å². The minimum atomic E-state index is -1.22. The largest absolute Gasteiger partial charge is 0.486 e. The summed E-state index contributed by atoms with van der Waals surface area (Å²) >= 11 is 0. The summed E-state index contributed by atoms with van der Waals surface area (Å²) in [5.41, 5.74) is 1.98. The van der Waals surface area contributed by atoms with Crippen LogP contribution in [-0.2, 0) is 0 Å². The van der Waals surface area contributed by atoms with Crippen molar-refractivity contribution in [3.8, 4) is 5.75 Å². The van der Waals surface area contributed by atoms with Gasteiger partial charge >= 0.3 is 5.97 Å². The number of carbonyl (C=O) groups is 1. The van der Waals surface area contributed by atoms with E-state index in [0.29, 0.717) is 29.6 Å². The van der Waals surface area contributed by atoms with E-state index in [-0.39, 0.29) is 24.1 Å². The summed E-state index contributed by atoms with van der Waals surface area (Å²) in [7, 11) is 0. The Hall–Kier alpha value is -3.64.